The lowest BCUT2D eigenvalue weighted by Gasteiger charge is -2.02. The van der Waals surface area contributed by atoms with Crippen LogP contribution in [0.2, 0.25) is 0 Å². The number of hydrogen-bond acceptors (Lipinski definition) is 4. The smallest absolute Gasteiger partial charge is 0.483 e. The van der Waals surface area contributed by atoms with E-state index in [4.69, 9.17) is 9.90 Å². The predicted octanol–water partition coefficient (Wildman–Crippen LogP) is 1.66. The highest BCUT2D eigenvalue weighted by atomic mass is 16.7. The van der Waals surface area contributed by atoms with Crippen LogP contribution in [-0.2, 0) is 14.3 Å². The van der Waals surface area contributed by atoms with Gasteiger partial charge in [-0.25, -0.2) is 4.79 Å². The van der Waals surface area contributed by atoms with E-state index in [0.29, 0.717) is 13.2 Å². The quantitative estimate of drug-likeness (QED) is 0.541. The Balaban J connectivity index is 0. The van der Waals surface area contributed by atoms with Gasteiger partial charge >= 0.3 is 6.16 Å². The molecular weight excluding hydrogens is 176 g/mol. The van der Waals surface area contributed by atoms with Crippen molar-refractivity contribution in [2.45, 2.75) is 26.7 Å². The lowest BCUT2D eigenvalue weighted by Crippen LogP contribution is -2.08. The van der Waals surface area contributed by atoms with Gasteiger partial charge in [0, 0.05) is 0 Å². The van der Waals surface area contributed by atoms with E-state index >= 15 is 0 Å². The fourth-order valence-corrected chi connectivity index (χ4v) is 0.412. The summed E-state index contributed by atoms with van der Waals surface area (Å²) >= 11 is 0. The molecule has 0 bridgehead atoms. The first-order valence-corrected chi connectivity index (χ1v) is 4.10. The summed E-state index contributed by atoms with van der Waals surface area (Å²) in [5, 5.41) is 6.89. The highest BCUT2D eigenvalue weighted by Crippen LogP contribution is 1.88. The van der Waals surface area contributed by atoms with Crippen molar-refractivity contribution in [3.05, 3.63) is 0 Å². The molecule has 0 saturated heterocycles. The van der Waals surface area contributed by atoms with Crippen LogP contribution in [0, 0.1) is 0 Å². The molecule has 0 unspecified atom stereocenters. The minimum absolute atomic E-state index is 0.250. The van der Waals surface area contributed by atoms with Crippen molar-refractivity contribution in [3.8, 4) is 0 Å². The Morgan fingerprint density at radius 3 is 1.77 bits per heavy atom. The molecule has 1 N–H and O–H groups in total. The summed E-state index contributed by atoms with van der Waals surface area (Å²) in [5.74, 6) is 0. The Morgan fingerprint density at radius 2 is 1.54 bits per heavy atom. The van der Waals surface area contributed by atoms with Gasteiger partial charge < -0.3 is 14.6 Å². The van der Waals surface area contributed by atoms with Crippen molar-refractivity contribution in [2.75, 3.05) is 13.2 Å². The van der Waals surface area contributed by atoms with E-state index in [0.717, 1.165) is 12.8 Å². The fraction of sp³-hybridized carbons (Fsp3) is 0.750. The van der Waals surface area contributed by atoms with Crippen LogP contribution in [0.3, 0.4) is 0 Å². The van der Waals surface area contributed by atoms with Gasteiger partial charge in [-0.3, -0.25) is 4.79 Å². The van der Waals surface area contributed by atoms with Crippen molar-refractivity contribution in [3.63, 3.8) is 0 Å². The first-order chi connectivity index (χ1) is 6.22. The van der Waals surface area contributed by atoms with Gasteiger partial charge in [0.2, 0.25) is 0 Å². The Hall–Kier alpha value is -1.26. The van der Waals surface area contributed by atoms with Gasteiger partial charge in [-0.1, -0.05) is 13.8 Å². The summed E-state index contributed by atoms with van der Waals surface area (Å²) < 4.78 is 9.26. The standard InChI is InChI=1S/C7H14O3.CH2O2/c1-3-5-9-7(8)10-6-4-2;2-1-3/h3-6H2,1-2H3;1H,(H,2,3). The van der Waals surface area contributed by atoms with Gasteiger partial charge in [-0.2, -0.15) is 0 Å². The molecule has 0 aliphatic carbocycles. The first-order valence-electron chi connectivity index (χ1n) is 4.10. The normalized spacial score (nSPS) is 7.85. The number of ether oxygens (including phenoxy) is 2. The number of rotatable bonds is 4. The van der Waals surface area contributed by atoms with E-state index in [-0.39, 0.29) is 6.47 Å². The second kappa shape index (κ2) is 13.3. The summed E-state index contributed by atoms with van der Waals surface area (Å²) in [7, 11) is 0. The molecule has 78 valence electrons. The van der Waals surface area contributed by atoms with Crippen LogP contribution >= 0.6 is 0 Å². The molecule has 0 aliphatic heterocycles. The number of carboxylic acid groups (broad SMARTS) is 1. The number of carbonyl (C=O) groups excluding carboxylic acids is 1. The van der Waals surface area contributed by atoms with E-state index < -0.39 is 6.16 Å². The van der Waals surface area contributed by atoms with E-state index in [9.17, 15) is 4.79 Å². The Morgan fingerprint density at radius 1 is 1.23 bits per heavy atom. The van der Waals surface area contributed by atoms with Gasteiger partial charge in [-0.15, -0.1) is 0 Å². The molecular formula is C8H16O5. The van der Waals surface area contributed by atoms with Crippen molar-refractivity contribution < 1.29 is 24.2 Å². The molecule has 0 aromatic rings. The molecule has 0 saturated carbocycles. The molecule has 5 heteroatoms. The van der Waals surface area contributed by atoms with Crippen LogP contribution in [-0.4, -0.2) is 30.9 Å². The van der Waals surface area contributed by atoms with Gasteiger partial charge in [-0.05, 0) is 12.8 Å². The maximum atomic E-state index is 10.5. The zero-order chi connectivity index (χ0) is 10.5. The minimum Gasteiger partial charge on any atom is -0.483 e. The molecule has 0 heterocycles. The third-order valence-corrected chi connectivity index (χ3v) is 0.848. The Labute approximate surface area is 77.6 Å². The van der Waals surface area contributed by atoms with Crippen LogP contribution < -0.4 is 0 Å². The molecule has 0 atom stereocenters. The summed E-state index contributed by atoms with van der Waals surface area (Å²) in [6.45, 7) is 4.52. The molecule has 0 rings (SSSR count). The molecule has 5 nitrogen and oxygen atoms in total. The summed E-state index contributed by atoms with van der Waals surface area (Å²) in [5.41, 5.74) is 0. The van der Waals surface area contributed by atoms with Crippen LogP contribution in [0.25, 0.3) is 0 Å². The topological polar surface area (TPSA) is 72.8 Å². The third-order valence-electron chi connectivity index (χ3n) is 0.848. The largest absolute Gasteiger partial charge is 0.508 e. The van der Waals surface area contributed by atoms with Crippen LogP contribution in [0.1, 0.15) is 26.7 Å². The molecule has 0 spiro atoms. The Kier molecular flexibility index (Phi) is 14.6. The molecule has 0 amide bonds. The molecule has 0 aromatic heterocycles. The zero-order valence-corrected chi connectivity index (χ0v) is 7.99. The van der Waals surface area contributed by atoms with Gasteiger partial charge in [0.15, 0.2) is 0 Å². The highest BCUT2D eigenvalue weighted by Gasteiger charge is 1.99. The average molecular weight is 192 g/mol. The van der Waals surface area contributed by atoms with Crippen molar-refractivity contribution >= 4 is 12.6 Å². The third kappa shape index (κ3) is 18.1. The van der Waals surface area contributed by atoms with E-state index in [1.807, 2.05) is 13.8 Å². The van der Waals surface area contributed by atoms with Crippen LogP contribution in [0.4, 0.5) is 4.79 Å². The summed E-state index contributed by atoms with van der Waals surface area (Å²) in [6, 6.07) is 0. The molecule has 13 heavy (non-hydrogen) atoms. The highest BCUT2D eigenvalue weighted by molar-refractivity contribution is 5.59. The summed E-state index contributed by atoms with van der Waals surface area (Å²) in [6.07, 6.45) is 1.12. The van der Waals surface area contributed by atoms with Crippen LogP contribution in [0.15, 0.2) is 0 Å². The number of hydrogen-bond donors (Lipinski definition) is 1. The monoisotopic (exact) mass is 192 g/mol. The average Bonchev–Trinajstić information content (AvgIpc) is 2.12. The van der Waals surface area contributed by atoms with Gasteiger partial charge in [0.05, 0.1) is 13.2 Å². The molecule has 0 aromatic carbocycles. The minimum atomic E-state index is -0.552. The van der Waals surface area contributed by atoms with Gasteiger partial charge in [0.25, 0.3) is 6.47 Å². The maximum absolute atomic E-state index is 10.5. The van der Waals surface area contributed by atoms with E-state index in [1.165, 1.54) is 0 Å². The second-order valence-electron chi connectivity index (χ2n) is 2.05. The molecule has 0 fully saturated rings. The molecule has 0 aliphatic rings. The lowest BCUT2D eigenvalue weighted by atomic mass is 10.5. The maximum Gasteiger partial charge on any atom is 0.508 e. The van der Waals surface area contributed by atoms with Crippen molar-refractivity contribution in [2.24, 2.45) is 0 Å². The SMILES string of the molecule is CCCOC(=O)OCCC.O=CO. The van der Waals surface area contributed by atoms with Gasteiger partial charge in [0.1, 0.15) is 0 Å². The van der Waals surface area contributed by atoms with Crippen molar-refractivity contribution in [1.82, 2.24) is 0 Å². The van der Waals surface area contributed by atoms with E-state index in [2.05, 4.69) is 9.47 Å². The first kappa shape index (κ1) is 14.3. The molecule has 0 radical (unpaired) electrons. The predicted molar refractivity (Wildman–Crippen MR) is 46.6 cm³/mol. The lowest BCUT2D eigenvalue weighted by molar-refractivity contribution is -0.122. The van der Waals surface area contributed by atoms with E-state index in [1.54, 1.807) is 0 Å². The zero-order valence-electron chi connectivity index (χ0n) is 7.99. The Bertz CT molecular complexity index is 114. The fourth-order valence-electron chi connectivity index (χ4n) is 0.412. The van der Waals surface area contributed by atoms with Crippen molar-refractivity contribution in [1.29, 1.82) is 0 Å². The number of carbonyl (C=O) groups is 2. The van der Waals surface area contributed by atoms with Crippen LogP contribution in [0.5, 0.6) is 0 Å². The summed E-state index contributed by atoms with van der Waals surface area (Å²) in [4.78, 5) is 18.9. The second-order valence-corrected chi connectivity index (χ2v) is 2.05.